The van der Waals surface area contributed by atoms with E-state index in [1.54, 1.807) is 12.1 Å². The highest BCUT2D eigenvalue weighted by Crippen LogP contribution is 2.34. The molecule has 0 saturated carbocycles. The maximum absolute atomic E-state index is 14.1. The first-order chi connectivity index (χ1) is 9.66. The van der Waals surface area contributed by atoms with Gasteiger partial charge >= 0.3 is 5.97 Å². The van der Waals surface area contributed by atoms with Crippen LogP contribution in [0, 0.1) is 5.82 Å². The van der Waals surface area contributed by atoms with Crippen LogP contribution in [-0.2, 0) is 6.54 Å². The van der Waals surface area contributed by atoms with Gasteiger partial charge in [0.2, 0.25) is 0 Å². The van der Waals surface area contributed by atoms with Gasteiger partial charge in [0, 0.05) is 46.8 Å². The van der Waals surface area contributed by atoms with Gasteiger partial charge < -0.3 is 5.11 Å². The van der Waals surface area contributed by atoms with E-state index in [0.29, 0.717) is 22.2 Å². The van der Waals surface area contributed by atoms with Crippen LogP contribution in [-0.4, -0.2) is 40.6 Å². The number of rotatable bonds is 3. The predicted molar refractivity (Wildman–Crippen MR) is 81.3 cm³/mol. The molecule has 20 heavy (non-hydrogen) atoms. The maximum atomic E-state index is 14.1. The average Bonchev–Trinajstić information content (AvgIpc) is 2.80. The van der Waals surface area contributed by atoms with Gasteiger partial charge in [-0.2, -0.15) is 11.8 Å². The second-order valence-electron chi connectivity index (χ2n) is 4.72. The van der Waals surface area contributed by atoms with Crippen molar-refractivity contribution in [2.45, 2.75) is 6.54 Å². The fourth-order valence-corrected chi connectivity index (χ4v) is 4.52. The first kappa shape index (κ1) is 13.9. The molecule has 3 nitrogen and oxygen atoms in total. The van der Waals surface area contributed by atoms with Crippen molar-refractivity contribution in [2.24, 2.45) is 0 Å². The third-order valence-corrected chi connectivity index (χ3v) is 5.57. The highest BCUT2D eigenvalue weighted by molar-refractivity contribution is 7.99. The lowest BCUT2D eigenvalue weighted by Crippen LogP contribution is -2.32. The Bertz CT molecular complexity index is 650. The summed E-state index contributed by atoms with van der Waals surface area (Å²) < 4.78 is 14.8. The Hall–Kier alpha value is -1.11. The third kappa shape index (κ3) is 2.55. The van der Waals surface area contributed by atoms with Crippen LogP contribution in [0.25, 0.3) is 10.1 Å². The minimum absolute atomic E-state index is 0.267. The topological polar surface area (TPSA) is 40.5 Å². The van der Waals surface area contributed by atoms with E-state index >= 15 is 0 Å². The van der Waals surface area contributed by atoms with E-state index in [-0.39, 0.29) is 10.7 Å². The first-order valence-electron chi connectivity index (χ1n) is 6.40. The number of hydrogen-bond donors (Lipinski definition) is 1. The summed E-state index contributed by atoms with van der Waals surface area (Å²) in [4.78, 5) is 13.9. The standard InChI is InChI=1S/C14H14FNO2S2/c15-10-2-1-3-11-12(10)9(13(20-11)14(17)18)8-16-4-6-19-7-5-16/h1-3H,4-8H2,(H,17,18). The molecule has 2 aromatic rings. The van der Waals surface area contributed by atoms with Crippen molar-refractivity contribution in [1.82, 2.24) is 4.90 Å². The quantitative estimate of drug-likeness (QED) is 0.944. The van der Waals surface area contributed by atoms with E-state index in [1.807, 2.05) is 11.8 Å². The second kappa shape index (κ2) is 5.71. The van der Waals surface area contributed by atoms with Gasteiger partial charge in [-0.15, -0.1) is 11.3 Å². The Morgan fingerprint density at radius 1 is 1.35 bits per heavy atom. The Labute approximate surface area is 124 Å². The zero-order valence-corrected chi connectivity index (χ0v) is 12.4. The lowest BCUT2D eigenvalue weighted by Gasteiger charge is -2.26. The molecule has 1 aliphatic heterocycles. The van der Waals surface area contributed by atoms with Gasteiger partial charge in [0.15, 0.2) is 0 Å². The van der Waals surface area contributed by atoms with Crippen LogP contribution in [0.5, 0.6) is 0 Å². The SMILES string of the molecule is O=C(O)c1sc2cccc(F)c2c1CN1CCSCC1. The minimum Gasteiger partial charge on any atom is -0.477 e. The smallest absolute Gasteiger partial charge is 0.346 e. The van der Waals surface area contributed by atoms with E-state index in [2.05, 4.69) is 4.90 Å². The summed E-state index contributed by atoms with van der Waals surface area (Å²) in [6.07, 6.45) is 0. The van der Waals surface area contributed by atoms with Crippen LogP contribution in [0.2, 0.25) is 0 Å². The summed E-state index contributed by atoms with van der Waals surface area (Å²) in [5.74, 6) is 0.805. The van der Waals surface area contributed by atoms with Gasteiger partial charge in [0.1, 0.15) is 10.7 Å². The number of fused-ring (bicyclic) bond motifs is 1. The molecule has 1 aliphatic rings. The zero-order valence-electron chi connectivity index (χ0n) is 10.8. The number of nitrogens with zero attached hydrogens (tertiary/aromatic N) is 1. The molecule has 0 amide bonds. The number of carboxylic acid groups (broad SMARTS) is 1. The summed E-state index contributed by atoms with van der Waals surface area (Å²) in [5, 5.41) is 9.83. The lowest BCUT2D eigenvalue weighted by molar-refractivity contribution is 0.0700. The van der Waals surface area contributed by atoms with E-state index in [1.165, 1.54) is 6.07 Å². The summed E-state index contributed by atoms with van der Waals surface area (Å²) in [7, 11) is 0. The van der Waals surface area contributed by atoms with Gasteiger partial charge in [0.05, 0.1) is 0 Å². The number of hydrogen-bond acceptors (Lipinski definition) is 4. The van der Waals surface area contributed by atoms with Crippen LogP contribution in [0.3, 0.4) is 0 Å². The van der Waals surface area contributed by atoms with Crippen LogP contribution in [0.15, 0.2) is 18.2 Å². The molecule has 0 aliphatic carbocycles. The summed E-state index contributed by atoms with van der Waals surface area (Å²) >= 11 is 3.06. The molecule has 2 heterocycles. The molecule has 1 saturated heterocycles. The number of halogens is 1. The Morgan fingerprint density at radius 3 is 2.80 bits per heavy atom. The zero-order chi connectivity index (χ0) is 14.1. The van der Waals surface area contributed by atoms with Crippen LogP contribution >= 0.6 is 23.1 Å². The van der Waals surface area contributed by atoms with E-state index in [4.69, 9.17) is 0 Å². The molecular weight excluding hydrogens is 297 g/mol. The summed E-state index contributed by atoms with van der Waals surface area (Å²) in [5.41, 5.74) is 0.627. The number of thioether (sulfide) groups is 1. The van der Waals surface area contributed by atoms with E-state index < -0.39 is 5.97 Å². The fraction of sp³-hybridized carbons (Fsp3) is 0.357. The minimum atomic E-state index is -0.966. The molecule has 0 atom stereocenters. The van der Waals surface area contributed by atoms with Crippen molar-refractivity contribution in [3.05, 3.63) is 34.5 Å². The number of carbonyl (C=O) groups is 1. The Kier molecular flexibility index (Phi) is 3.96. The molecule has 0 radical (unpaired) electrons. The number of carboxylic acids is 1. The van der Waals surface area contributed by atoms with Gasteiger partial charge in [-0.3, -0.25) is 4.90 Å². The van der Waals surface area contributed by atoms with Gasteiger partial charge in [-0.1, -0.05) is 6.07 Å². The molecule has 106 valence electrons. The van der Waals surface area contributed by atoms with Crippen molar-refractivity contribution in [3.8, 4) is 0 Å². The molecule has 1 aromatic carbocycles. The van der Waals surface area contributed by atoms with Crippen molar-refractivity contribution in [2.75, 3.05) is 24.6 Å². The molecular formula is C14H14FNO2S2. The predicted octanol–water partition coefficient (Wildman–Crippen LogP) is 3.29. The average molecular weight is 311 g/mol. The molecule has 1 fully saturated rings. The largest absolute Gasteiger partial charge is 0.477 e. The van der Waals surface area contributed by atoms with E-state index in [9.17, 15) is 14.3 Å². The highest BCUT2D eigenvalue weighted by atomic mass is 32.2. The normalized spacial score (nSPS) is 16.6. The number of aromatic carboxylic acids is 1. The number of benzene rings is 1. The molecule has 0 spiro atoms. The second-order valence-corrected chi connectivity index (χ2v) is 6.99. The van der Waals surface area contributed by atoms with Gasteiger partial charge in [0.25, 0.3) is 0 Å². The lowest BCUT2D eigenvalue weighted by atomic mass is 10.1. The highest BCUT2D eigenvalue weighted by Gasteiger charge is 2.22. The first-order valence-corrected chi connectivity index (χ1v) is 8.37. The molecule has 0 unspecified atom stereocenters. The van der Waals surface area contributed by atoms with Crippen LogP contribution in [0.1, 0.15) is 15.2 Å². The van der Waals surface area contributed by atoms with Crippen molar-refractivity contribution in [1.29, 1.82) is 0 Å². The summed E-state index contributed by atoms with van der Waals surface area (Å²) in [6.45, 7) is 2.37. The van der Waals surface area contributed by atoms with Gasteiger partial charge in [-0.25, -0.2) is 9.18 Å². The molecule has 1 N–H and O–H groups in total. The van der Waals surface area contributed by atoms with Crippen molar-refractivity contribution >= 4 is 39.2 Å². The Morgan fingerprint density at radius 2 is 2.10 bits per heavy atom. The van der Waals surface area contributed by atoms with Crippen LogP contribution in [0.4, 0.5) is 4.39 Å². The van der Waals surface area contributed by atoms with Crippen molar-refractivity contribution in [3.63, 3.8) is 0 Å². The number of thiophene rings is 1. The molecule has 0 bridgehead atoms. The van der Waals surface area contributed by atoms with E-state index in [0.717, 1.165) is 35.9 Å². The fourth-order valence-electron chi connectivity index (χ4n) is 2.47. The molecule has 3 rings (SSSR count). The van der Waals surface area contributed by atoms with Gasteiger partial charge in [-0.05, 0) is 12.1 Å². The maximum Gasteiger partial charge on any atom is 0.346 e. The molecule has 6 heteroatoms. The van der Waals surface area contributed by atoms with Crippen LogP contribution < -0.4 is 0 Å². The third-order valence-electron chi connectivity index (χ3n) is 3.44. The summed E-state index contributed by atoms with van der Waals surface area (Å²) in [6, 6.07) is 4.81. The Balaban J connectivity index is 2.06. The van der Waals surface area contributed by atoms with Crippen molar-refractivity contribution < 1.29 is 14.3 Å². The monoisotopic (exact) mass is 311 g/mol. The molecule has 1 aromatic heterocycles.